The zero-order valence-electron chi connectivity index (χ0n) is 26.3. The fraction of sp³-hybridized carbons (Fsp3) is 0.385. The lowest BCUT2D eigenvalue weighted by molar-refractivity contribution is -0.184. The summed E-state index contributed by atoms with van der Waals surface area (Å²) in [7, 11) is 3.02. The maximum absolute atomic E-state index is 15.1. The molecule has 0 spiro atoms. The van der Waals surface area contributed by atoms with Gasteiger partial charge in [-0.05, 0) is 41.7 Å². The van der Waals surface area contributed by atoms with E-state index in [1.165, 1.54) is 36.5 Å². The smallest absolute Gasteiger partial charge is 0.327 e. The molecule has 5 aliphatic rings. The highest BCUT2D eigenvalue weighted by atomic mass is 16.5. The van der Waals surface area contributed by atoms with Crippen molar-refractivity contribution in [1.29, 1.82) is 0 Å². The van der Waals surface area contributed by atoms with Gasteiger partial charge in [0.2, 0.25) is 0 Å². The van der Waals surface area contributed by atoms with Crippen LogP contribution in [0.2, 0.25) is 0 Å². The maximum Gasteiger partial charge on any atom is 0.327 e. The molecule has 0 radical (unpaired) electrons. The number of fused-ring (bicyclic) bond motifs is 16. The van der Waals surface area contributed by atoms with Crippen LogP contribution in [0.5, 0.6) is 0 Å². The molecular weight excluding hydrogens is 546 g/mol. The first-order valence-electron chi connectivity index (χ1n) is 15.7. The van der Waals surface area contributed by atoms with Crippen LogP contribution >= 0.6 is 0 Å². The molecule has 3 fully saturated rings. The molecule has 7 atom stereocenters. The van der Waals surface area contributed by atoms with E-state index in [-0.39, 0.29) is 41.5 Å². The van der Waals surface area contributed by atoms with E-state index in [9.17, 15) is 0 Å². The number of piperidine rings is 1. The Hall–Kier alpha value is -3.96. The summed E-state index contributed by atoms with van der Waals surface area (Å²) in [5.41, 5.74) is 6.62. The van der Waals surface area contributed by atoms with Crippen LogP contribution in [0.25, 0.3) is 6.08 Å². The van der Waals surface area contributed by atoms with Crippen molar-refractivity contribution in [2.75, 3.05) is 14.2 Å². The number of benzene rings is 3. The van der Waals surface area contributed by atoms with Gasteiger partial charge >= 0.3 is 11.9 Å². The van der Waals surface area contributed by atoms with Gasteiger partial charge in [0.05, 0.1) is 14.2 Å². The van der Waals surface area contributed by atoms with Gasteiger partial charge in [0.1, 0.15) is 11.1 Å². The van der Waals surface area contributed by atoms with E-state index >= 15 is 9.59 Å². The Bertz CT molecular complexity index is 1800. The number of nitrogens with zero attached hydrogens (tertiary/aromatic N) is 1. The summed E-state index contributed by atoms with van der Waals surface area (Å²) in [4.78, 5) is 32.4. The van der Waals surface area contributed by atoms with Gasteiger partial charge in [-0.1, -0.05) is 116 Å². The van der Waals surface area contributed by atoms with Crippen molar-refractivity contribution in [2.24, 2.45) is 17.3 Å². The van der Waals surface area contributed by atoms with E-state index in [4.69, 9.17) is 9.47 Å². The Morgan fingerprint density at radius 2 is 1.32 bits per heavy atom. The average molecular weight is 586 g/mol. The average Bonchev–Trinajstić information content (AvgIpc) is 3.75. The summed E-state index contributed by atoms with van der Waals surface area (Å²) < 4.78 is 11.9. The first-order valence-corrected chi connectivity index (χ1v) is 15.7. The van der Waals surface area contributed by atoms with Crippen LogP contribution in [0.1, 0.15) is 73.3 Å². The number of allylic oxidation sites excluding steroid dienone is 2. The number of ether oxygens (including phenoxy) is 2. The number of esters is 2. The van der Waals surface area contributed by atoms with Crippen molar-refractivity contribution in [3.05, 3.63) is 123 Å². The van der Waals surface area contributed by atoms with Crippen molar-refractivity contribution in [3.8, 4) is 0 Å². The van der Waals surface area contributed by atoms with Gasteiger partial charge in [0, 0.05) is 41.5 Å². The lowest BCUT2D eigenvalue weighted by Gasteiger charge is -2.61. The Morgan fingerprint density at radius 1 is 0.750 bits per heavy atom. The SMILES string of the molecule is COC(=O)[C@@]12[C@@H]3[C@@H]([C@@H]4C(=C(C)C)[C@H]3c3ccccc34)[C@@](C(=O)OC)(N1Cc1ccccc1)C(C)(C)C1=Cc3ccccc3[C@@H]12. The number of rotatable bonds is 4. The highest BCUT2D eigenvalue weighted by Crippen LogP contribution is 2.82. The number of hydrogen-bond acceptors (Lipinski definition) is 5. The van der Waals surface area contributed by atoms with Gasteiger partial charge < -0.3 is 9.47 Å². The molecule has 3 aromatic rings. The molecule has 0 amide bonds. The molecule has 3 aliphatic carbocycles. The predicted octanol–water partition coefficient (Wildman–Crippen LogP) is 7.01. The van der Waals surface area contributed by atoms with Crippen molar-refractivity contribution in [2.45, 2.75) is 63.1 Å². The molecule has 2 heterocycles. The molecule has 0 unspecified atom stereocenters. The molecule has 3 aromatic carbocycles. The van der Waals surface area contributed by atoms with Crippen LogP contribution in [0, 0.1) is 17.3 Å². The Morgan fingerprint density at radius 3 is 1.93 bits per heavy atom. The number of carbonyl (C=O) groups is 2. The Labute approximate surface area is 259 Å². The topological polar surface area (TPSA) is 55.8 Å². The fourth-order valence-corrected chi connectivity index (χ4v) is 11.0. The van der Waals surface area contributed by atoms with Gasteiger partial charge in [0.25, 0.3) is 0 Å². The first kappa shape index (κ1) is 27.6. The van der Waals surface area contributed by atoms with Crippen LogP contribution in [-0.4, -0.2) is 42.1 Å². The largest absolute Gasteiger partial charge is 0.468 e. The second-order valence-corrected chi connectivity index (χ2v) is 14.0. The van der Waals surface area contributed by atoms with E-state index in [0.29, 0.717) is 6.54 Å². The third-order valence-corrected chi connectivity index (χ3v) is 12.1. The number of carbonyl (C=O) groups excluding carboxylic acids is 2. The quantitative estimate of drug-likeness (QED) is 0.244. The molecular formula is C39H39NO4. The highest BCUT2D eigenvalue weighted by Gasteiger charge is 2.88. The second kappa shape index (κ2) is 9.04. The van der Waals surface area contributed by atoms with Crippen LogP contribution in [-0.2, 0) is 25.6 Å². The maximum atomic E-state index is 15.1. The second-order valence-electron chi connectivity index (χ2n) is 14.0. The first-order chi connectivity index (χ1) is 21.2. The zero-order valence-corrected chi connectivity index (χ0v) is 26.3. The lowest BCUT2D eigenvalue weighted by Crippen LogP contribution is -2.74. The summed E-state index contributed by atoms with van der Waals surface area (Å²) in [5.74, 6) is -1.24. The minimum atomic E-state index is -1.15. The lowest BCUT2D eigenvalue weighted by atomic mass is 9.55. The normalized spacial score (nSPS) is 33.2. The monoisotopic (exact) mass is 585 g/mol. The van der Waals surface area contributed by atoms with Crippen LogP contribution < -0.4 is 0 Å². The van der Waals surface area contributed by atoms with E-state index in [0.717, 1.165) is 22.3 Å². The molecule has 4 bridgehead atoms. The van der Waals surface area contributed by atoms with E-state index in [2.05, 4.69) is 99.3 Å². The summed E-state index contributed by atoms with van der Waals surface area (Å²) >= 11 is 0. The van der Waals surface area contributed by atoms with Crippen LogP contribution in [0.3, 0.4) is 0 Å². The van der Waals surface area contributed by atoms with Crippen molar-refractivity contribution in [1.82, 2.24) is 4.90 Å². The molecule has 224 valence electrons. The van der Waals surface area contributed by atoms with Crippen molar-refractivity contribution < 1.29 is 19.1 Å². The minimum absolute atomic E-state index is 0.0101. The summed E-state index contributed by atoms with van der Waals surface area (Å²) in [6.07, 6.45) is 2.26. The minimum Gasteiger partial charge on any atom is -0.468 e. The molecule has 2 aliphatic heterocycles. The predicted molar refractivity (Wildman–Crippen MR) is 170 cm³/mol. The van der Waals surface area contributed by atoms with Crippen molar-refractivity contribution in [3.63, 3.8) is 0 Å². The van der Waals surface area contributed by atoms with Crippen LogP contribution in [0.4, 0.5) is 0 Å². The molecule has 44 heavy (non-hydrogen) atoms. The van der Waals surface area contributed by atoms with Crippen LogP contribution in [0.15, 0.2) is 95.6 Å². The van der Waals surface area contributed by atoms with E-state index in [1.807, 2.05) is 18.2 Å². The highest BCUT2D eigenvalue weighted by molar-refractivity contribution is 5.96. The molecule has 0 aromatic heterocycles. The molecule has 0 N–H and O–H groups in total. The summed E-state index contributed by atoms with van der Waals surface area (Å²) in [6.45, 7) is 9.24. The van der Waals surface area contributed by atoms with Gasteiger partial charge in [-0.15, -0.1) is 0 Å². The summed E-state index contributed by atoms with van der Waals surface area (Å²) in [5, 5.41) is 0. The fourth-order valence-electron chi connectivity index (χ4n) is 11.0. The molecule has 1 saturated carbocycles. The Kier molecular flexibility index (Phi) is 5.67. The molecule has 5 nitrogen and oxygen atoms in total. The number of hydrogen-bond donors (Lipinski definition) is 0. The standard InChI is InChI=1S/C39H39NO4/c1-22(2)29-30-26-18-12-13-19-27(26)31(29)34-33(30)38(35(41)43-5)32-25-17-11-10-16-24(25)20-28(32)37(3,4)39(34,36(42)44-6)40(38)21-23-14-8-7-9-15-23/h7-20,30-34H,21H2,1-6H3/t30-,31+,32+,33+,34-,38-,39+/m1/s1. The van der Waals surface area contributed by atoms with Gasteiger partial charge in [0.15, 0.2) is 0 Å². The molecule has 5 heteroatoms. The third-order valence-electron chi connectivity index (χ3n) is 12.1. The van der Waals surface area contributed by atoms with E-state index < -0.39 is 16.5 Å². The molecule has 8 rings (SSSR count). The summed E-state index contributed by atoms with van der Waals surface area (Å²) in [6, 6.07) is 27.4. The van der Waals surface area contributed by atoms with Gasteiger partial charge in [-0.3, -0.25) is 14.5 Å². The van der Waals surface area contributed by atoms with E-state index in [1.54, 1.807) is 0 Å². The molecule has 2 saturated heterocycles. The van der Waals surface area contributed by atoms with Gasteiger partial charge in [-0.25, -0.2) is 0 Å². The zero-order chi connectivity index (χ0) is 30.8. The third kappa shape index (κ3) is 2.86. The number of methoxy groups -OCH3 is 2. The van der Waals surface area contributed by atoms with Crippen molar-refractivity contribution >= 4 is 18.0 Å². The van der Waals surface area contributed by atoms with Gasteiger partial charge in [-0.2, -0.15) is 0 Å². The Balaban J connectivity index is 1.56.